The fourth-order valence-corrected chi connectivity index (χ4v) is 1.65. The molecule has 21 heavy (non-hydrogen) atoms. The van der Waals surface area contributed by atoms with Crippen LogP contribution in [0.2, 0.25) is 0 Å². The average molecular weight is 294 g/mol. The second-order valence-corrected chi connectivity index (χ2v) is 5.52. The van der Waals surface area contributed by atoms with E-state index >= 15 is 0 Å². The van der Waals surface area contributed by atoms with Crippen molar-refractivity contribution in [3.63, 3.8) is 0 Å². The van der Waals surface area contributed by atoms with Gasteiger partial charge in [0.15, 0.2) is 6.61 Å². The van der Waals surface area contributed by atoms with Crippen molar-refractivity contribution < 1.29 is 19.2 Å². The zero-order chi connectivity index (χ0) is 16.0. The topological polar surface area (TPSA) is 98.5 Å². The fourth-order valence-electron chi connectivity index (χ4n) is 1.65. The molecule has 0 atom stereocenters. The first-order valence-electron chi connectivity index (χ1n) is 6.38. The number of ether oxygens (including phenoxy) is 1. The van der Waals surface area contributed by atoms with Crippen molar-refractivity contribution in [1.29, 1.82) is 0 Å². The van der Waals surface area contributed by atoms with Crippen LogP contribution in [-0.2, 0) is 20.7 Å². The molecule has 1 aromatic carbocycles. The van der Waals surface area contributed by atoms with E-state index in [0.717, 1.165) is 0 Å². The van der Waals surface area contributed by atoms with Gasteiger partial charge in [0.05, 0.1) is 11.3 Å². The zero-order valence-electron chi connectivity index (χ0n) is 12.2. The van der Waals surface area contributed by atoms with E-state index < -0.39 is 28.9 Å². The molecule has 0 radical (unpaired) electrons. The molecule has 0 heterocycles. The smallest absolute Gasteiger partial charge is 0.311 e. The van der Waals surface area contributed by atoms with Crippen molar-refractivity contribution in [3.8, 4) is 0 Å². The number of esters is 1. The molecule has 1 N–H and O–H groups in total. The summed E-state index contributed by atoms with van der Waals surface area (Å²) in [6.45, 7) is 5.01. The van der Waals surface area contributed by atoms with E-state index in [1.54, 1.807) is 26.8 Å². The van der Waals surface area contributed by atoms with Crippen LogP contribution in [0.25, 0.3) is 0 Å². The van der Waals surface area contributed by atoms with Crippen molar-refractivity contribution in [2.75, 3.05) is 6.61 Å². The molecule has 0 saturated carbocycles. The number of nitro benzene ring substituents is 1. The summed E-state index contributed by atoms with van der Waals surface area (Å²) >= 11 is 0. The summed E-state index contributed by atoms with van der Waals surface area (Å²) in [5.74, 6) is -1.10. The molecule has 0 aliphatic carbocycles. The Hall–Kier alpha value is -2.44. The highest BCUT2D eigenvalue weighted by atomic mass is 16.6. The number of nitrogens with zero attached hydrogens (tertiary/aromatic N) is 1. The summed E-state index contributed by atoms with van der Waals surface area (Å²) in [6, 6.07) is 5.91. The Morgan fingerprint density at radius 3 is 2.48 bits per heavy atom. The number of para-hydroxylation sites is 1. The van der Waals surface area contributed by atoms with Crippen LogP contribution in [0.1, 0.15) is 26.3 Å². The third kappa shape index (κ3) is 6.03. The molecule has 0 spiro atoms. The van der Waals surface area contributed by atoms with Gasteiger partial charge in [-0.2, -0.15) is 0 Å². The molecular weight excluding hydrogens is 276 g/mol. The molecule has 0 aliphatic heterocycles. The molecule has 0 aromatic heterocycles. The minimum atomic E-state index is -0.687. The van der Waals surface area contributed by atoms with Gasteiger partial charge in [-0.25, -0.2) is 0 Å². The highest BCUT2D eigenvalue weighted by molar-refractivity contribution is 5.82. The Morgan fingerprint density at radius 1 is 1.29 bits per heavy atom. The third-order valence-electron chi connectivity index (χ3n) is 2.40. The number of nitrogens with one attached hydrogen (secondary N) is 1. The van der Waals surface area contributed by atoms with Crippen molar-refractivity contribution in [1.82, 2.24) is 5.32 Å². The first-order valence-corrected chi connectivity index (χ1v) is 6.38. The van der Waals surface area contributed by atoms with E-state index in [9.17, 15) is 19.7 Å². The number of nitro groups is 1. The number of rotatable bonds is 5. The largest absolute Gasteiger partial charge is 0.455 e. The summed E-state index contributed by atoms with van der Waals surface area (Å²) in [6.07, 6.45) is -0.250. The maximum atomic E-state index is 11.6. The molecule has 114 valence electrons. The van der Waals surface area contributed by atoms with Gasteiger partial charge < -0.3 is 10.1 Å². The summed E-state index contributed by atoms with van der Waals surface area (Å²) in [7, 11) is 0. The van der Waals surface area contributed by atoms with E-state index in [2.05, 4.69) is 5.32 Å². The maximum absolute atomic E-state index is 11.6. The van der Waals surface area contributed by atoms with Gasteiger partial charge in [0.25, 0.3) is 11.6 Å². The van der Waals surface area contributed by atoms with Crippen molar-refractivity contribution in [2.24, 2.45) is 0 Å². The van der Waals surface area contributed by atoms with Crippen LogP contribution < -0.4 is 5.32 Å². The van der Waals surface area contributed by atoms with Gasteiger partial charge in [-0.3, -0.25) is 19.7 Å². The van der Waals surface area contributed by atoms with Crippen LogP contribution in [0, 0.1) is 10.1 Å². The Kier molecular flexibility index (Phi) is 5.40. The standard InChI is InChI=1S/C14H18N2O5/c1-14(2,3)15-12(17)9-21-13(18)8-10-6-4-5-7-11(10)16(19)20/h4-7H,8-9H2,1-3H3,(H,15,17). The number of carbonyl (C=O) groups excluding carboxylic acids is 2. The summed E-state index contributed by atoms with van der Waals surface area (Å²) < 4.78 is 4.81. The highest BCUT2D eigenvalue weighted by Gasteiger charge is 2.18. The van der Waals surface area contributed by atoms with Gasteiger partial charge in [-0.15, -0.1) is 0 Å². The van der Waals surface area contributed by atoms with Crippen LogP contribution in [0.3, 0.4) is 0 Å². The molecule has 0 saturated heterocycles. The maximum Gasteiger partial charge on any atom is 0.311 e. The van der Waals surface area contributed by atoms with Gasteiger partial charge >= 0.3 is 5.97 Å². The van der Waals surface area contributed by atoms with E-state index in [-0.39, 0.29) is 17.7 Å². The Labute approximate surface area is 122 Å². The van der Waals surface area contributed by atoms with Gasteiger partial charge in [0, 0.05) is 17.2 Å². The number of benzene rings is 1. The molecule has 1 aromatic rings. The summed E-state index contributed by atoms with van der Waals surface area (Å²) in [5.41, 5.74) is -0.306. The van der Waals surface area contributed by atoms with Gasteiger partial charge in [-0.05, 0) is 20.8 Å². The SMILES string of the molecule is CC(C)(C)NC(=O)COC(=O)Cc1ccccc1[N+](=O)[O-]. The van der Waals surface area contributed by atoms with Gasteiger partial charge in [-0.1, -0.05) is 18.2 Å². The van der Waals surface area contributed by atoms with E-state index in [1.165, 1.54) is 18.2 Å². The van der Waals surface area contributed by atoms with E-state index in [0.29, 0.717) is 0 Å². The minimum Gasteiger partial charge on any atom is -0.455 e. The molecule has 0 bridgehead atoms. The van der Waals surface area contributed by atoms with Crippen molar-refractivity contribution in [3.05, 3.63) is 39.9 Å². The van der Waals surface area contributed by atoms with Crippen LogP contribution in [0.15, 0.2) is 24.3 Å². The number of hydrogen-bond acceptors (Lipinski definition) is 5. The quantitative estimate of drug-likeness (QED) is 0.505. The molecule has 0 fully saturated rings. The molecule has 7 nitrogen and oxygen atoms in total. The van der Waals surface area contributed by atoms with E-state index in [1.807, 2.05) is 0 Å². The first kappa shape index (κ1) is 16.6. The van der Waals surface area contributed by atoms with Crippen LogP contribution in [-0.4, -0.2) is 28.9 Å². The lowest BCUT2D eigenvalue weighted by atomic mass is 10.1. The molecule has 1 amide bonds. The monoisotopic (exact) mass is 294 g/mol. The summed E-state index contributed by atoms with van der Waals surface area (Å²) in [5, 5.41) is 13.5. The fraction of sp³-hybridized carbons (Fsp3) is 0.429. The Balaban J connectivity index is 2.55. The molecule has 7 heteroatoms. The second-order valence-electron chi connectivity index (χ2n) is 5.52. The number of amides is 1. The predicted octanol–water partition coefficient (Wildman–Crippen LogP) is 1.60. The molecule has 0 unspecified atom stereocenters. The first-order chi connectivity index (χ1) is 9.69. The van der Waals surface area contributed by atoms with Crippen LogP contribution >= 0.6 is 0 Å². The zero-order valence-corrected chi connectivity index (χ0v) is 12.2. The van der Waals surface area contributed by atoms with Crippen LogP contribution in [0.4, 0.5) is 5.69 Å². The lowest BCUT2D eigenvalue weighted by Crippen LogP contribution is -2.42. The van der Waals surface area contributed by atoms with Crippen molar-refractivity contribution in [2.45, 2.75) is 32.7 Å². The lowest BCUT2D eigenvalue weighted by Gasteiger charge is -2.20. The van der Waals surface area contributed by atoms with Gasteiger partial charge in [0.2, 0.25) is 0 Å². The predicted molar refractivity (Wildman–Crippen MR) is 75.7 cm³/mol. The minimum absolute atomic E-state index is 0.145. The third-order valence-corrected chi connectivity index (χ3v) is 2.40. The average Bonchev–Trinajstić information content (AvgIpc) is 2.35. The molecule has 1 rings (SSSR count). The number of hydrogen-bond donors (Lipinski definition) is 1. The number of carbonyl (C=O) groups is 2. The molecule has 0 aliphatic rings. The second kappa shape index (κ2) is 6.83. The Bertz CT molecular complexity index is 549. The Morgan fingerprint density at radius 2 is 1.90 bits per heavy atom. The van der Waals surface area contributed by atoms with E-state index in [4.69, 9.17) is 4.74 Å². The summed E-state index contributed by atoms with van der Waals surface area (Å²) in [4.78, 5) is 33.4. The highest BCUT2D eigenvalue weighted by Crippen LogP contribution is 2.18. The van der Waals surface area contributed by atoms with Crippen LogP contribution in [0.5, 0.6) is 0 Å². The molecular formula is C14H18N2O5. The van der Waals surface area contributed by atoms with Gasteiger partial charge in [0.1, 0.15) is 0 Å². The normalized spacial score (nSPS) is 10.8. The van der Waals surface area contributed by atoms with Crippen molar-refractivity contribution >= 4 is 17.6 Å². The lowest BCUT2D eigenvalue weighted by molar-refractivity contribution is -0.385.